The molecule has 1 heterocycles. The molecule has 2 aromatic carbocycles. The number of halogens is 2. The number of aryl methyl sites for hydroxylation is 1. The zero-order valence-corrected chi connectivity index (χ0v) is 17.8. The van der Waals surface area contributed by atoms with Crippen molar-refractivity contribution in [3.05, 3.63) is 64.1 Å². The van der Waals surface area contributed by atoms with Gasteiger partial charge in [0.15, 0.2) is 0 Å². The zero-order chi connectivity index (χ0) is 18.9. The summed E-state index contributed by atoms with van der Waals surface area (Å²) in [4.78, 5) is 20.9. The van der Waals surface area contributed by atoms with Gasteiger partial charge in [0.05, 0.1) is 16.1 Å². The molecule has 138 valence electrons. The fourth-order valence-corrected chi connectivity index (χ4v) is 3.21. The summed E-state index contributed by atoms with van der Waals surface area (Å²) in [6, 6.07) is 16.3. The van der Waals surface area contributed by atoms with E-state index in [1.165, 1.54) is 15.6 Å². The summed E-state index contributed by atoms with van der Waals surface area (Å²) in [5.74, 6) is 0.627. The largest absolute Gasteiger partial charge is 0.489 e. The highest BCUT2D eigenvalue weighted by Gasteiger charge is 2.26. The lowest BCUT2D eigenvalue weighted by Gasteiger charge is -2.09. The van der Waals surface area contributed by atoms with Crippen molar-refractivity contribution in [1.29, 1.82) is 0 Å². The maximum Gasteiger partial charge on any atom is 0.239 e. The van der Waals surface area contributed by atoms with Crippen LogP contribution in [0.2, 0.25) is 0 Å². The summed E-state index contributed by atoms with van der Waals surface area (Å²) in [7, 11) is 0. The number of carbonyl (C=O) groups is 2. The number of rotatable bonds is 5. The van der Waals surface area contributed by atoms with Gasteiger partial charge < -0.3 is 4.74 Å². The van der Waals surface area contributed by atoms with Crippen LogP contribution in [0.4, 0.5) is 0 Å². The van der Waals surface area contributed by atoms with Crippen LogP contribution in [0.3, 0.4) is 0 Å². The molecular formula is C20H21Br2NO3. The van der Waals surface area contributed by atoms with Gasteiger partial charge in [-0.1, -0.05) is 59.6 Å². The third-order valence-electron chi connectivity index (χ3n) is 3.77. The smallest absolute Gasteiger partial charge is 0.239 e. The number of carbonyl (C=O) groups excluding carboxylic acids is 2. The fourth-order valence-electron chi connectivity index (χ4n) is 2.41. The van der Waals surface area contributed by atoms with Crippen molar-refractivity contribution >= 4 is 43.9 Å². The van der Waals surface area contributed by atoms with Crippen LogP contribution in [0.15, 0.2) is 53.0 Å². The van der Waals surface area contributed by atoms with Crippen molar-refractivity contribution in [2.24, 2.45) is 0 Å². The average molecular weight is 483 g/mol. The molecule has 2 amide bonds. The minimum atomic E-state index is -0.144. The van der Waals surface area contributed by atoms with Crippen LogP contribution in [-0.4, -0.2) is 15.7 Å². The van der Waals surface area contributed by atoms with Gasteiger partial charge in [-0.3, -0.25) is 9.59 Å². The number of nitrogens with zero attached hydrogens (tertiary/aromatic N) is 1. The molecule has 1 aliphatic heterocycles. The van der Waals surface area contributed by atoms with E-state index >= 15 is 0 Å². The molecular weight excluding hydrogens is 462 g/mol. The van der Waals surface area contributed by atoms with Crippen LogP contribution in [0.5, 0.6) is 5.75 Å². The summed E-state index contributed by atoms with van der Waals surface area (Å²) in [6.07, 6.45) is 2.95. The van der Waals surface area contributed by atoms with Crippen molar-refractivity contribution < 1.29 is 14.3 Å². The van der Waals surface area contributed by atoms with Crippen molar-refractivity contribution in [1.82, 2.24) is 3.93 Å². The first kappa shape index (κ1) is 20.6. The molecule has 1 aliphatic rings. The number of hydrogen-bond acceptors (Lipinski definition) is 3. The minimum absolute atomic E-state index is 0.144. The summed E-state index contributed by atoms with van der Waals surface area (Å²) in [5, 5.41) is 0. The summed E-state index contributed by atoms with van der Waals surface area (Å²) >= 11 is 6.39. The standard InChI is InChI=1S/C16H17BrO.C4H4BrNO2/c1-2-6-14-11-13(9-10-16(14)17)12-18-15-7-4-3-5-8-15;5-6-3(7)1-2-4(6)8/h3-5,7-11H,2,6,12H2,1H3;1-2H2. The van der Waals surface area contributed by atoms with E-state index in [-0.39, 0.29) is 11.8 Å². The molecule has 3 rings (SSSR count). The Kier molecular flexibility index (Phi) is 8.32. The number of imide groups is 1. The highest BCUT2D eigenvalue weighted by molar-refractivity contribution is 9.10. The van der Waals surface area contributed by atoms with E-state index in [0.29, 0.717) is 19.4 Å². The molecule has 0 bridgehead atoms. The predicted molar refractivity (Wildman–Crippen MR) is 109 cm³/mol. The van der Waals surface area contributed by atoms with E-state index in [4.69, 9.17) is 4.74 Å². The van der Waals surface area contributed by atoms with Gasteiger partial charge in [0.1, 0.15) is 12.4 Å². The van der Waals surface area contributed by atoms with Crippen LogP contribution >= 0.6 is 32.1 Å². The summed E-state index contributed by atoms with van der Waals surface area (Å²) < 4.78 is 7.92. The van der Waals surface area contributed by atoms with Gasteiger partial charge in [-0.2, -0.15) is 0 Å². The molecule has 0 N–H and O–H groups in total. The van der Waals surface area contributed by atoms with E-state index in [0.717, 1.165) is 22.5 Å². The first-order valence-corrected chi connectivity index (χ1v) is 9.98. The van der Waals surface area contributed by atoms with Crippen molar-refractivity contribution in [3.8, 4) is 5.75 Å². The predicted octanol–water partition coefficient (Wildman–Crippen LogP) is 5.43. The Morgan fingerprint density at radius 1 is 1.04 bits per heavy atom. The second-order valence-electron chi connectivity index (χ2n) is 5.85. The Labute approximate surface area is 171 Å². The minimum Gasteiger partial charge on any atom is -0.489 e. The molecule has 1 fully saturated rings. The number of para-hydroxylation sites is 1. The molecule has 26 heavy (non-hydrogen) atoms. The van der Waals surface area contributed by atoms with Crippen molar-refractivity contribution in [2.75, 3.05) is 0 Å². The molecule has 0 aromatic heterocycles. The van der Waals surface area contributed by atoms with E-state index in [1.54, 1.807) is 0 Å². The van der Waals surface area contributed by atoms with Crippen LogP contribution in [-0.2, 0) is 22.6 Å². The summed E-state index contributed by atoms with van der Waals surface area (Å²) in [6.45, 7) is 2.81. The molecule has 1 saturated heterocycles. The fraction of sp³-hybridized carbons (Fsp3) is 0.300. The van der Waals surface area contributed by atoms with Gasteiger partial charge in [-0.25, -0.2) is 3.93 Å². The van der Waals surface area contributed by atoms with Gasteiger partial charge in [-0.05, 0) is 35.7 Å². The number of ether oxygens (including phenoxy) is 1. The second kappa shape index (κ2) is 10.5. The molecule has 0 aliphatic carbocycles. The molecule has 0 unspecified atom stereocenters. The van der Waals surface area contributed by atoms with E-state index in [9.17, 15) is 9.59 Å². The molecule has 6 heteroatoms. The third kappa shape index (κ3) is 6.25. The lowest BCUT2D eigenvalue weighted by Crippen LogP contribution is -2.16. The van der Waals surface area contributed by atoms with Gasteiger partial charge in [-0.15, -0.1) is 0 Å². The number of hydrogen-bond donors (Lipinski definition) is 0. The topological polar surface area (TPSA) is 46.6 Å². The maximum atomic E-state index is 10.4. The Morgan fingerprint density at radius 3 is 2.23 bits per heavy atom. The van der Waals surface area contributed by atoms with E-state index in [2.05, 4.69) is 57.2 Å². The van der Waals surface area contributed by atoms with E-state index in [1.807, 2.05) is 30.3 Å². The van der Waals surface area contributed by atoms with Crippen molar-refractivity contribution in [2.45, 2.75) is 39.2 Å². The number of benzene rings is 2. The maximum absolute atomic E-state index is 10.4. The van der Waals surface area contributed by atoms with Crippen LogP contribution in [0.25, 0.3) is 0 Å². The third-order valence-corrected chi connectivity index (χ3v) is 5.33. The monoisotopic (exact) mass is 481 g/mol. The Bertz CT molecular complexity index is 734. The average Bonchev–Trinajstić information content (AvgIpc) is 2.95. The summed E-state index contributed by atoms with van der Waals surface area (Å²) in [5.41, 5.74) is 2.57. The normalized spacial score (nSPS) is 13.4. The highest BCUT2D eigenvalue weighted by Crippen LogP contribution is 2.21. The first-order valence-electron chi connectivity index (χ1n) is 8.48. The van der Waals surface area contributed by atoms with E-state index < -0.39 is 0 Å². The molecule has 2 aromatic rings. The highest BCUT2D eigenvalue weighted by atomic mass is 79.9. The van der Waals surface area contributed by atoms with Gasteiger partial charge in [0, 0.05) is 17.3 Å². The molecule has 0 spiro atoms. The Balaban J connectivity index is 0.000000254. The Hall–Kier alpha value is -1.66. The van der Waals surface area contributed by atoms with Crippen molar-refractivity contribution in [3.63, 3.8) is 0 Å². The molecule has 0 saturated carbocycles. The first-order chi connectivity index (χ1) is 12.5. The molecule has 0 radical (unpaired) electrons. The second-order valence-corrected chi connectivity index (χ2v) is 7.41. The molecule has 0 atom stereocenters. The quantitative estimate of drug-likeness (QED) is 0.421. The Morgan fingerprint density at radius 2 is 1.69 bits per heavy atom. The SMILES string of the molecule is CCCc1cc(COc2ccccc2)ccc1Br.O=C1CCC(=O)N1Br. The van der Waals surface area contributed by atoms with Crippen LogP contribution < -0.4 is 4.74 Å². The lowest BCUT2D eigenvalue weighted by molar-refractivity contribution is -0.131. The van der Waals surface area contributed by atoms with Gasteiger partial charge in [0.2, 0.25) is 11.8 Å². The van der Waals surface area contributed by atoms with Gasteiger partial charge >= 0.3 is 0 Å². The van der Waals surface area contributed by atoms with Gasteiger partial charge in [0.25, 0.3) is 0 Å². The lowest BCUT2D eigenvalue weighted by atomic mass is 10.1. The number of amides is 2. The van der Waals surface area contributed by atoms with Crippen LogP contribution in [0, 0.1) is 0 Å². The molecule has 4 nitrogen and oxygen atoms in total. The zero-order valence-electron chi connectivity index (χ0n) is 14.6. The van der Waals surface area contributed by atoms with Crippen LogP contribution in [0.1, 0.15) is 37.3 Å².